The van der Waals surface area contributed by atoms with E-state index in [1.807, 2.05) is 54.1 Å². The van der Waals surface area contributed by atoms with Crippen molar-refractivity contribution in [2.75, 3.05) is 18.4 Å². The second kappa shape index (κ2) is 9.84. The lowest BCUT2D eigenvalue weighted by molar-refractivity contribution is 0.102. The zero-order valence-electron chi connectivity index (χ0n) is 16.5. The minimum atomic E-state index is -0.177. The molecule has 1 aromatic heterocycles. The van der Waals surface area contributed by atoms with E-state index < -0.39 is 0 Å². The van der Waals surface area contributed by atoms with Crippen LogP contribution < -0.4 is 10.6 Å². The SMILES string of the molecule is Cc1c(Cl)cccc1NC(=O)c1cnn(-c2ccc(Cl)cc2)c1C1CCNCC1.Cl. The molecule has 30 heavy (non-hydrogen) atoms. The van der Waals surface area contributed by atoms with Crippen LogP contribution in [0.4, 0.5) is 5.69 Å². The molecule has 158 valence electrons. The Morgan fingerprint density at radius 2 is 1.83 bits per heavy atom. The van der Waals surface area contributed by atoms with Gasteiger partial charge in [0.2, 0.25) is 0 Å². The molecule has 1 aliphatic heterocycles. The summed E-state index contributed by atoms with van der Waals surface area (Å²) in [7, 11) is 0. The molecule has 0 spiro atoms. The van der Waals surface area contributed by atoms with Gasteiger partial charge >= 0.3 is 0 Å². The average molecular weight is 466 g/mol. The van der Waals surface area contributed by atoms with Crippen LogP contribution in [0.25, 0.3) is 5.69 Å². The zero-order chi connectivity index (χ0) is 20.4. The van der Waals surface area contributed by atoms with Crippen LogP contribution in [0.1, 0.15) is 40.4 Å². The van der Waals surface area contributed by atoms with E-state index in [0.29, 0.717) is 21.3 Å². The second-order valence-corrected chi connectivity index (χ2v) is 8.07. The smallest absolute Gasteiger partial charge is 0.259 e. The number of benzene rings is 2. The predicted molar refractivity (Wildman–Crippen MR) is 125 cm³/mol. The molecule has 0 saturated carbocycles. The number of halogens is 3. The number of carbonyl (C=O) groups is 1. The van der Waals surface area contributed by atoms with E-state index in [9.17, 15) is 4.79 Å². The number of hydrogen-bond donors (Lipinski definition) is 2. The summed E-state index contributed by atoms with van der Waals surface area (Å²) < 4.78 is 1.87. The summed E-state index contributed by atoms with van der Waals surface area (Å²) in [6, 6.07) is 13.0. The molecule has 4 rings (SSSR count). The van der Waals surface area contributed by atoms with Crippen LogP contribution in [0.2, 0.25) is 10.0 Å². The highest BCUT2D eigenvalue weighted by Gasteiger charge is 2.27. The number of aromatic nitrogens is 2. The highest BCUT2D eigenvalue weighted by Crippen LogP contribution is 2.31. The van der Waals surface area contributed by atoms with Crippen molar-refractivity contribution in [3.05, 3.63) is 75.5 Å². The number of anilines is 1. The number of nitrogens with one attached hydrogen (secondary N) is 2. The Balaban J connectivity index is 0.00000256. The maximum absolute atomic E-state index is 13.2. The molecule has 2 N–H and O–H groups in total. The normalized spacial score (nSPS) is 14.2. The van der Waals surface area contributed by atoms with Crippen LogP contribution in [-0.2, 0) is 0 Å². The molecule has 2 aromatic carbocycles. The van der Waals surface area contributed by atoms with Crippen molar-refractivity contribution in [3.63, 3.8) is 0 Å². The van der Waals surface area contributed by atoms with Gasteiger partial charge in [0.1, 0.15) is 0 Å². The summed E-state index contributed by atoms with van der Waals surface area (Å²) in [5.41, 5.74) is 3.96. The van der Waals surface area contributed by atoms with Crippen molar-refractivity contribution in [1.82, 2.24) is 15.1 Å². The minimum Gasteiger partial charge on any atom is -0.322 e. The first kappa shape index (κ1) is 22.6. The lowest BCUT2D eigenvalue weighted by atomic mass is 9.91. The molecular formula is C22H23Cl3N4O. The van der Waals surface area contributed by atoms with E-state index in [4.69, 9.17) is 23.2 Å². The van der Waals surface area contributed by atoms with Gasteiger partial charge in [-0.3, -0.25) is 4.79 Å². The van der Waals surface area contributed by atoms with Gasteiger partial charge < -0.3 is 10.6 Å². The molecule has 5 nitrogen and oxygen atoms in total. The molecule has 0 unspecified atom stereocenters. The molecule has 1 aliphatic rings. The van der Waals surface area contributed by atoms with Crippen molar-refractivity contribution in [1.29, 1.82) is 0 Å². The van der Waals surface area contributed by atoms with Gasteiger partial charge in [0.15, 0.2) is 0 Å². The summed E-state index contributed by atoms with van der Waals surface area (Å²) in [6.07, 6.45) is 3.56. The van der Waals surface area contributed by atoms with Crippen molar-refractivity contribution >= 4 is 47.2 Å². The van der Waals surface area contributed by atoms with Gasteiger partial charge in [-0.05, 0) is 74.8 Å². The molecule has 3 aromatic rings. The molecule has 0 atom stereocenters. The number of rotatable bonds is 4. The molecule has 1 saturated heterocycles. The van der Waals surface area contributed by atoms with Crippen LogP contribution in [0.3, 0.4) is 0 Å². The largest absolute Gasteiger partial charge is 0.322 e. The Bertz CT molecular complexity index is 1030. The fraction of sp³-hybridized carbons (Fsp3) is 0.273. The lowest BCUT2D eigenvalue weighted by Crippen LogP contribution is -2.29. The third-order valence-corrected chi connectivity index (χ3v) is 6.03. The molecule has 1 fully saturated rings. The molecule has 1 amide bonds. The van der Waals surface area contributed by atoms with Crippen LogP contribution in [0.15, 0.2) is 48.7 Å². The number of carbonyl (C=O) groups excluding carboxylic acids is 1. The van der Waals surface area contributed by atoms with Gasteiger partial charge in [-0.1, -0.05) is 29.3 Å². The van der Waals surface area contributed by atoms with Gasteiger partial charge in [-0.2, -0.15) is 5.10 Å². The minimum absolute atomic E-state index is 0. The van der Waals surface area contributed by atoms with E-state index in [1.165, 1.54) is 0 Å². The Hall–Kier alpha value is -2.05. The van der Waals surface area contributed by atoms with Crippen LogP contribution in [0, 0.1) is 6.92 Å². The Morgan fingerprint density at radius 3 is 2.53 bits per heavy atom. The van der Waals surface area contributed by atoms with Crippen molar-refractivity contribution in [3.8, 4) is 5.69 Å². The molecule has 2 heterocycles. The topological polar surface area (TPSA) is 59.0 Å². The van der Waals surface area contributed by atoms with E-state index >= 15 is 0 Å². The molecule has 0 aliphatic carbocycles. The van der Waals surface area contributed by atoms with E-state index in [2.05, 4.69) is 15.7 Å². The summed E-state index contributed by atoms with van der Waals surface area (Å²) in [6.45, 7) is 3.73. The zero-order valence-corrected chi connectivity index (χ0v) is 18.8. The van der Waals surface area contributed by atoms with E-state index in [1.54, 1.807) is 6.20 Å². The standard InChI is InChI=1S/C22H22Cl2N4O.ClH/c1-14-19(24)3-2-4-20(14)27-22(29)18-13-26-28(17-7-5-16(23)6-8-17)21(18)15-9-11-25-12-10-15;/h2-8,13,15,25H,9-12H2,1H3,(H,27,29);1H. The number of piperidine rings is 1. The highest BCUT2D eigenvalue weighted by atomic mass is 35.5. The van der Waals surface area contributed by atoms with Crippen LogP contribution in [0.5, 0.6) is 0 Å². The van der Waals surface area contributed by atoms with E-state index in [0.717, 1.165) is 42.9 Å². The van der Waals surface area contributed by atoms with Gasteiger partial charge in [0, 0.05) is 21.7 Å². The first-order valence-corrected chi connectivity index (χ1v) is 10.4. The molecular weight excluding hydrogens is 443 g/mol. The lowest BCUT2D eigenvalue weighted by Gasteiger charge is -2.24. The van der Waals surface area contributed by atoms with Gasteiger partial charge in [-0.25, -0.2) is 4.68 Å². The maximum Gasteiger partial charge on any atom is 0.259 e. The third kappa shape index (κ3) is 4.65. The summed E-state index contributed by atoms with van der Waals surface area (Å²) in [5.74, 6) is 0.0692. The van der Waals surface area contributed by atoms with Gasteiger partial charge in [-0.15, -0.1) is 12.4 Å². The fourth-order valence-corrected chi connectivity index (χ4v) is 4.04. The van der Waals surface area contributed by atoms with Gasteiger partial charge in [0.05, 0.1) is 23.1 Å². The second-order valence-electron chi connectivity index (χ2n) is 7.22. The molecule has 0 bridgehead atoms. The van der Waals surface area contributed by atoms with Crippen LogP contribution in [-0.4, -0.2) is 28.8 Å². The average Bonchev–Trinajstić information content (AvgIpc) is 3.18. The first-order valence-electron chi connectivity index (χ1n) is 9.65. The van der Waals surface area contributed by atoms with E-state index in [-0.39, 0.29) is 24.2 Å². The quantitative estimate of drug-likeness (QED) is 0.525. The predicted octanol–water partition coefficient (Wildman–Crippen LogP) is 5.63. The maximum atomic E-state index is 13.2. The number of amides is 1. The monoisotopic (exact) mass is 464 g/mol. The van der Waals surface area contributed by atoms with Crippen molar-refractivity contribution in [2.45, 2.75) is 25.7 Å². The number of nitrogens with zero attached hydrogens (tertiary/aromatic N) is 2. The van der Waals surface area contributed by atoms with Crippen molar-refractivity contribution < 1.29 is 4.79 Å². The summed E-state index contributed by atoms with van der Waals surface area (Å²) in [4.78, 5) is 13.2. The Labute approximate surface area is 192 Å². The third-order valence-electron chi connectivity index (χ3n) is 5.36. The van der Waals surface area contributed by atoms with Crippen molar-refractivity contribution in [2.24, 2.45) is 0 Å². The first-order chi connectivity index (χ1) is 14.0. The summed E-state index contributed by atoms with van der Waals surface area (Å²) in [5, 5.41) is 12.2. The molecule has 8 heteroatoms. The fourth-order valence-electron chi connectivity index (χ4n) is 3.74. The van der Waals surface area contributed by atoms with Crippen LogP contribution >= 0.6 is 35.6 Å². The summed E-state index contributed by atoms with van der Waals surface area (Å²) >= 11 is 12.3. The number of hydrogen-bond acceptors (Lipinski definition) is 3. The highest BCUT2D eigenvalue weighted by molar-refractivity contribution is 6.32. The molecule has 0 radical (unpaired) electrons. The van der Waals surface area contributed by atoms with Gasteiger partial charge in [0.25, 0.3) is 5.91 Å². The Kier molecular flexibility index (Phi) is 7.42. The Morgan fingerprint density at radius 1 is 1.13 bits per heavy atom.